The van der Waals surface area contributed by atoms with E-state index in [2.05, 4.69) is 36.5 Å². The summed E-state index contributed by atoms with van der Waals surface area (Å²) in [4.78, 5) is 0. The highest BCUT2D eigenvalue weighted by molar-refractivity contribution is 5.78. The summed E-state index contributed by atoms with van der Waals surface area (Å²) < 4.78 is 5.94. The second-order valence-corrected chi connectivity index (χ2v) is 5.21. The van der Waals surface area contributed by atoms with Gasteiger partial charge in [-0.3, -0.25) is 0 Å². The van der Waals surface area contributed by atoms with Gasteiger partial charge >= 0.3 is 0 Å². The minimum Gasteiger partial charge on any atom is -0.459 e. The zero-order valence-corrected chi connectivity index (χ0v) is 10.5. The lowest BCUT2D eigenvalue weighted by Crippen LogP contribution is -2.16. The number of aryl methyl sites for hydroxylation is 1. The van der Waals surface area contributed by atoms with Crippen LogP contribution in [0.2, 0.25) is 0 Å². The molecule has 1 aromatic carbocycles. The predicted octanol–water partition coefficient (Wildman–Crippen LogP) is 3.80. The number of rotatable bonds is 4. The second kappa shape index (κ2) is 4.19. The second-order valence-electron chi connectivity index (χ2n) is 5.21. The Bertz CT molecular complexity index is 525. The number of furan rings is 1. The van der Waals surface area contributed by atoms with E-state index in [1.165, 1.54) is 30.2 Å². The molecule has 1 atom stereocenters. The normalized spacial score (nSPS) is 17.5. The number of nitrogens with one attached hydrogen (secondary N) is 1. The third-order valence-corrected chi connectivity index (χ3v) is 3.65. The molecule has 1 heterocycles. The van der Waals surface area contributed by atoms with Crippen LogP contribution in [-0.4, -0.2) is 7.05 Å². The highest BCUT2D eigenvalue weighted by Crippen LogP contribution is 2.38. The SMILES string of the molecule is CNC(CC1CC1)c1cc2cc(C)ccc2o1. The van der Waals surface area contributed by atoms with Gasteiger partial charge in [-0.1, -0.05) is 24.5 Å². The van der Waals surface area contributed by atoms with E-state index in [9.17, 15) is 0 Å². The third-order valence-electron chi connectivity index (χ3n) is 3.65. The van der Waals surface area contributed by atoms with Gasteiger partial charge in [-0.05, 0) is 44.5 Å². The van der Waals surface area contributed by atoms with E-state index >= 15 is 0 Å². The minimum absolute atomic E-state index is 0.371. The molecular formula is C15H19NO. The molecule has 3 rings (SSSR count). The molecule has 90 valence electrons. The molecule has 1 unspecified atom stereocenters. The zero-order chi connectivity index (χ0) is 11.8. The first kappa shape index (κ1) is 10.8. The molecule has 2 aromatic rings. The van der Waals surface area contributed by atoms with Gasteiger partial charge in [0.15, 0.2) is 0 Å². The first-order valence-corrected chi connectivity index (χ1v) is 6.43. The van der Waals surface area contributed by atoms with E-state index < -0.39 is 0 Å². The summed E-state index contributed by atoms with van der Waals surface area (Å²) >= 11 is 0. The Morgan fingerprint density at radius 1 is 1.35 bits per heavy atom. The van der Waals surface area contributed by atoms with Crippen molar-refractivity contribution in [3.05, 3.63) is 35.6 Å². The predicted molar refractivity (Wildman–Crippen MR) is 70.1 cm³/mol. The van der Waals surface area contributed by atoms with Gasteiger partial charge in [0.1, 0.15) is 11.3 Å². The van der Waals surface area contributed by atoms with Crippen molar-refractivity contribution >= 4 is 11.0 Å². The van der Waals surface area contributed by atoms with Crippen LogP contribution in [0, 0.1) is 12.8 Å². The Kier molecular flexibility index (Phi) is 2.67. The molecule has 2 nitrogen and oxygen atoms in total. The van der Waals surface area contributed by atoms with Gasteiger partial charge in [-0.25, -0.2) is 0 Å². The summed E-state index contributed by atoms with van der Waals surface area (Å²) in [5.74, 6) is 1.99. The zero-order valence-electron chi connectivity index (χ0n) is 10.5. The Balaban J connectivity index is 1.92. The monoisotopic (exact) mass is 229 g/mol. The van der Waals surface area contributed by atoms with E-state index in [-0.39, 0.29) is 0 Å². The molecule has 0 amide bonds. The first-order chi connectivity index (χ1) is 8.26. The quantitative estimate of drug-likeness (QED) is 0.862. The average Bonchev–Trinajstić information content (AvgIpc) is 3.04. The number of fused-ring (bicyclic) bond motifs is 1. The largest absolute Gasteiger partial charge is 0.459 e. The van der Waals surface area contributed by atoms with Gasteiger partial charge in [0.05, 0.1) is 6.04 Å². The highest BCUT2D eigenvalue weighted by Gasteiger charge is 2.27. The molecule has 1 aromatic heterocycles. The van der Waals surface area contributed by atoms with E-state index in [1.807, 2.05) is 7.05 Å². The summed E-state index contributed by atoms with van der Waals surface area (Å²) in [5, 5.41) is 4.59. The van der Waals surface area contributed by atoms with E-state index in [0.717, 1.165) is 17.3 Å². The van der Waals surface area contributed by atoms with Crippen LogP contribution >= 0.6 is 0 Å². The van der Waals surface area contributed by atoms with Crippen LogP contribution in [0.25, 0.3) is 11.0 Å². The molecule has 0 radical (unpaired) electrons. The Morgan fingerprint density at radius 2 is 2.18 bits per heavy atom. The molecule has 0 spiro atoms. The first-order valence-electron chi connectivity index (χ1n) is 6.43. The van der Waals surface area contributed by atoms with Crippen molar-refractivity contribution in [3.8, 4) is 0 Å². The van der Waals surface area contributed by atoms with Gasteiger partial charge < -0.3 is 9.73 Å². The van der Waals surface area contributed by atoms with Crippen molar-refractivity contribution in [2.24, 2.45) is 5.92 Å². The van der Waals surface area contributed by atoms with Crippen molar-refractivity contribution in [3.63, 3.8) is 0 Å². The number of hydrogen-bond acceptors (Lipinski definition) is 2. The molecule has 0 bridgehead atoms. The van der Waals surface area contributed by atoms with Gasteiger partial charge in [-0.15, -0.1) is 0 Å². The van der Waals surface area contributed by atoms with Crippen LogP contribution in [0.5, 0.6) is 0 Å². The summed E-state index contributed by atoms with van der Waals surface area (Å²) in [5.41, 5.74) is 2.29. The van der Waals surface area contributed by atoms with Crippen molar-refractivity contribution in [2.45, 2.75) is 32.2 Å². The van der Waals surface area contributed by atoms with Crippen LogP contribution in [0.4, 0.5) is 0 Å². The molecule has 1 N–H and O–H groups in total. The summed E-state index contributed by atoms with van der Waals surface area (Å²) in [6.07, 6.45) is 3.98. The van der Waals surface area contributed by atoms with E-state index in [1.54, 1.807) is 0 Å². The fourth-order valence-corrected chi connectivity index (χ4v) is 2.42. The minimum atomic E-state index is 0.371. The molecule has 1 aliphatic rings. The van der Waals surface area contributed by atoms with E-state index in [0.29, 0.717) is 6.04 Å². The number of benzene rings is 1. The average molecular weight is 229 g/mol. The molecule has 2 heteroatoms. The highest BCUT2D eigenvalue weighted by atomic mass is 16.3. The molecule has 0 saturated heterocycles. The molecule has 1 saturated carbocycles. The van der Waals surface area contributed by atoms with Crippen molar-refractivity contribution in [2.75, 3.05) is 7.05 Å². The smallest absolute Gasteiger partial charge is 0.134 e. The lowest BCUT2D eigenvalue weighted by atomic mass is 10.1. The van der Waals surface area contributed by atoms with Crippen molar-refractivity contribution < 1.29 is 4.42 Å². The Hall–Kier alpha value is -1.28. The lowest BCUT2D eigenvalue weighted by Gasteiger charge is -2.12. The van der Waals surface area contributed by atoms with Crippen molar-refractivity contribution in [1.29, 1.82) is 0 Å². The summed E-state index contributed by atoms with van der Waals surface area (Å²) in [6, 6.07) is 8.91. The molecule has 1 aliphatic carbocycles. The van der Waals surface area contributed by atoms with Crippen LogP contribution in [-0.2, 0) is 0 Å². The summed E-state index contributed by atoms with van der Waals surface area (Å²) in [7, 11) is 2.02. The number of hydrogen-bond donors (Lipinski definition) is 1. The van der Waals surface area contributed by atoms with Crippen LogP contribution in [0.3, 0.4) is 0 Å². The van der Waals surface area contributed by atoms with Gasteiger partial charge in [0.25, 0.3) is 0 Å². The van der Waals surface area contributed by atoms with Crippen LogP contribution in [0.15, 0.2) is 28.7 Å². The van der Waals surface area contributed by atoms with Gasteiger partial charge in [-0.2, -0.15) is 0 Å². The maximum atomic E-state index is 5.94. The Morgan fingerprint density at radius 3 is 2.88 bits per heavy atom. The summed E-state index contributed by atoms with van der Waals surface area (Å²) in [6.45, 7) is 2.12. The van der Waals surface area contributed by atoms with Crippen LogP contribution < -0.4 is 5.32 Å². The molecule has 17 heavy (non-hydrogen) atoms. The maximum Gasteiger partial charge on any atom is 0.134 e. The fraction of sp³-hybridized carbons (Fsp3) is 0.467. The maximum absolute atomic E-state index is 5.94. The molecule has 0 aliphatic heterocycles. The Labute approximate surface area is 102 Å². The van der Waals surface area contributed by atoms with Crippen LogP contribution in [0.1, 0.15) is 36.6 Å². The third kappa shape index (κ3) is 2.22. The lowest BCUT2D eigenvalue weighted by molar-refractivity contribution is 0.417. The molecule has 1 fully saturated rings. The van der Waals surface area contributed by atoms with Crippen molar-refractivity contribution in [1.82, 2.24) is 5.32 Å². The fourth-order valence-electron chi connectivity index (χ4n) is 2.42. The van der Waals surface area contributed by atoms with E-state index in [4.69, 9.17) is 4.42 Å². The topological polar surface area (TPSA) is 25.2 Å². The van der Waals surface area contributed by atoms with Gasteiger partial charge in [0.2, 0.25) is 0 Å². The molecular weight excluding hydrogens is 210 g/mol. The van der Waals surface area contributed by atoms with Gasteiger partial charge in [0, 0.05) is 5.39 Å². The standard InChI is InChI=1S/C15H19NO/c1-10-3-6-14-12(7-10)9-15(17-14)13(16-2)8-11-4-5-11/h3,6-7,9,11,13,16H,4-5,8H2,1-2H3.